The van der Waals surface area contributed by atoms with Crippen molar-refractivity contribution in [1.29, 1.82) is 5.26 Å². The quantitative estimate of drug-likeness (QED) is 0.375. The minimum absolute atomic E-state index is 0.0624. The predicted octanol–water partition coefficient (Wildman–Crippen LogP) is -0.295. The standard InChI is InChI=1S/C15H15N3O5/c1-23-14(21)9-17-13(20)8-18-15(22)11(7-16)6-10-2-4-12(19)5-3-10/h2-6,19H,8-9H2,1H3,(H,17,20)(H,18,22)/b11-6+. The molecule has 0 aliphatic carbocycles. The number of nitrogens with one attached hydrogen (secondary N) is 2. The van der Waals surface area contributed by atoms with Crippen molar-refractivity contribution in [1.82, 2.24) is 10.6 Å². The Morgan fingerprint density at radius 3 is 2.43 bits per heavy atom. The number of phenolic OH excluding ortho intramolecular Hbond substituents is 1. The van der Waals surface area contributed by atoms with E-state index in [0.717, 1.165) is 0 Å². The molecule has 0 bridgehead atoms. The van der Waals surface area contributed by atoms with Crippen LogP contribution >= 0.6 is 0 Å². The molecule has 2 amide bonds. The summed E-state index contributed by atoms with van der Waals surface area (Å²) in [5.74, 6) is -1.87. The Kier molecular flexibility index (Phi) is 6.81. The summed E-state index contributed by atoms with van der Waals surface area (Å²) in [6, 6.07) is 7.62. The van der Waals surface area contributed by atoms with Crippen LogP contribution in [0.5, 0.6) is 5.75 Å². The Labute approximate surface area is 132 Å². The molecular formula is C15H15N3O5. The zero-order chi connectivity index (χ0) is 17.2. The van der Waals surface area contributed by atoms with E-state index in [9.17, 15) is 14.4 Å². The Balaban J connectivity index is 2.57. The van der Waals surface area contributed by atoms with Crippen molar-refractivity contribution in [3.05, 3.63) is 35.4 Å². The lowest BCUT2D eigenvalue weighted by Gasteiger charge is -2.05. The van der Waals surface area contributed by atoms with Crippen LogP contribution in [0.15, 0.2) is 29.8 Å². The third kappa shape index (κ3) is 6.31. The third-order valence-corrected chi connectivity index (χ3v) is 2.64. The van der Waals surface area contributed by atoms with Crippen LogP contribution in [0.3, 0.4) is 0 Å². The Hall–Kier alpha value is -3.34. The van der Waals surface area contributed by atoms with Crippen molar-refractivity contribution in [3.8, 4) is 11.8 Å². The smallest absolute Gasteiger partial charge is 0.325 e. The lowest BCUT2D eigenvalue weighted by molar-refractivity contribution is -0.141. The highest BCUT2D eigenvalue weighted by atomic mass is 16.5. The number of nitrogens with zero attached hydrogens (tertiary/aromatic N) is 1. The molecule has 23 heavy (non-hydrogen) atoms. The van der Waals surface area contributed by atoms with Crippen molar-refractivity contribution in [2.24, 2.45) is 0 Å². The minimum atomic E-state index is -0.728. The van der Waals surface area contributed by atoms with Gasteiger partial charge in [0, 0.05) is 0 Å². The van der Waals surface area contributed by atoms with Crippen LogP contribution in [0.1, 0.15) is 5.56 Å². The first-order valence-electron chi connectivity index (χ1n) is 6.48. The largest absolute Gasteiger partial charge is 0.508 e. The topological polar surface area (TPSA) is 129 Å². The maximum Gasteiger partial charge on any atom is 0.325 e. The maximum atomic E-state index is 11.8. The van der Waals surface area contributed by atoms with E-state index < -0.39 is 17.8 Å². The number of rotatable bonds is 6. The summed E-state index contributed by atoms with van der Waals surface area (Å²) < 4.78 is 4.35. The van der Waals surface area contributed by atoms with Gasteiger partial charge in [0.1, 0.15) is 23.9 Å². The van der Waals surface area contributed by atoms with E-state index in [0.29, 0.717) is 5.56 Å². The van der Waals surface area contributed by atoms with Gasteiger partial charge in [-0.05, 0) is 23.8 Å². The second kappa shape index (κ2) is 8.84. The lowest BCUT2D eigenvalue weighted by atomic mass is 10.1. The fraction of sp³-hybridized carbons (Fsp3) is 0.200. The first kappa shape index (κ1) is 17.7. The van der Waals surface area contributed by atoms with E-state index >= 15 is 0 Å². The first-order chi connectivity index (χ1) is 11.0. The molecule has 0 unspecified atom stereocenters. The normalized spacial score (nSPS) is 10.3. The number of hydrogen-bond donors (Lipinski definition) is 3. The van der Waals surface area contributed by atoms with Crippen LogP contribution in [0.25, 0.3) is 6.08 Å². The fourth-order valence-electron chi connectivity index (χ4n) is 1.45. The van der Waals surface area contributed by atoms with Crippen LogP contribution in [-0.2, 0) is 19.1 Å². The fourth-order valence-corrected chi connectivity index (χ4v) is 1.45. The van der Waals surface area contributed by atoms with Gasteiger partial charge in [0.05, 0.1) is 13.7 Å². The van der Waals surface area contributed by atoms with Gasteiger partial charge in [-0.1, -0.05) is 12.1 Å². The summed E-state index contributed by atoms with van der Waals surface area (Å²) in [5, 5.41) is 22.7. The molecule has 0 aliphatic rings. The average Bonchev–Trinajstić information content (AvgIpc) is 2.56. The average molecular weight is 317 g/mol. The molecule has 120 valence electrons. The molecule has 0 fully saturated rings. The van der Waals surface area contributed by atoms with E-state index in [1.807, 2.05) is 0 Å². The molecule has 0 saturated heterocycles. The minimum Gasteiger partial charge on any atom is -0.508 e. The Morgan fingerprint density at radius 2 is 1.87 bits per heavy atom. The van der Waals surface area contributed by atoms with Crippen LogP contribution in [0.2, 0.25) is 0 Å². The van der Waals surface area contributed by atoms with Crippen molar-refractivity contribution >= 4 is 23.9 Å². The molecule has 8 heteroatoms. The SMILES string of the molecule is COC(=O)CNC(=O)CNC(=O)/C(C#N)=C/c1ccc(O)cc1. The van der Waals surface area contributed by atoms with Gasteiger partial charge in [0.25, 0.3) is 5.91 Å². The Bertz CT molecular complexity index is 659. The molecule has 0 spiro atoms. The van der Waals surface area contributed by atoms with Gasteiger partial charge in [-0.15, -0.1) is 0 Å². The molecule has 0 atom stereocenters. The van der Waals surface area contributed by atoms with Gasteiger partial charge >= 0.3 is 5.97 Å². The summed E-state index contributed by atoms with van der Waals surface area (Å²) in [6.07, 6.45) is 1.32. The highest BCUT2D eigenvalue weighted by Crippen LogP contribution is 2.12. The summed E-state index contributed by atoms with van der Waals surface area (Å²) in [6.45, 7) is -0.690. The predicted molar refractivity (Wildman–Crippen MR) is 79.7 cm³/mol. The van der Waals surface area contributed by atoms with Crippen LogP contribution in [0, 0.1) is 11.3 Å². The molecule has 1 rings (SSSR count). The van der Waals surface area contributed by atoms with E-state index in [-0.39, 0.29) is 24.4 Å². The molecule has 0 saturated carbocycles. The zero-order valence-corrected chi connectivity index (χ0v) is 12.3. The van der Waals surface area contributed by atoms with E-state index in [1.165, 1.54) is 37.5 Å². The number of phenols is 1. The number of carbonyl (C=O) groups is 3. The molecule has 1 aromatic carbocycles. The summed E-state index contributed by atoms with van der Waals surface area (Å²) in [5.41, 5.74) is 0.348. The van der Waals surface area contributed by atoms with Crippen molar-refractivity contribution in [2.45, 2.75) is 0 Å². The summed E-state index contributed by atoms with van der Waals surface area (Å²) in [4.78, 5) is 34.1. The first-order valence-corrected chi connectivity index (χ1v) is 6.48. The number of ether oxygens (including phenoxy) is 1. The number of benzene rings is 1. The molecule has 1 aromatic rings. The highest BCUT2D eigenvalue weighted by Gasteiger charge is 2.11. The van der Waals surface area contributed by atoms with E-state index in [4.69, 9.17) is 10.4 Å². The third-order valence-electron chi connectivity index (χ3n) is 2.64. The molecule has 8 nitrogen and oxygen atoms in total. The van der Waals surface area contributed by atoms with Crippen LogP contribution < -0.4 is 10.6 Å². The van der Waals surface area contributed by atoms with Gasteiger partial charge < -0.3 is 20.5 Å². The van der Waals surface area contributed by atoms with Crippen molar-refractivity contribution < 1.29 is 24.2 Å². The number of hydrogen-bond acceptors (Lipinski definition) is 6. The number of carbonyl (C=O) groups excluding carboxylic acids is 3. The van der Waals surface area contributed by atoms with Crippen LogP contribution in [0.4, 0.5) is 0 Å². The molecular weight excluding hydrogens is 302 g/mol. The van der Waals surface area contributed by atoms with E-state index in [2.05, 4.69) is 15.4 Å². The van der Waals surface area contributed by atoms with Crippen LogP contribution in [-0.4, -0.2) is 43.1 Å². The number of nitriles is 1. The van der Waals surface area contributed by atoms with E-state index in [1.54, 1.807) is 6.07 Å². The second-order valence-electron chi connectivity index (χ2n) is 4.30. The maximum absolute atomic E-state index is 11.8. The summed E-state index contributed by atoms with van der Waals surface area (Å²) in [7, 11) is 1.18. The second-order valence-corrected chi connectivity index (χ2v) is 4.30. The Morgan fingerprint density at radius 1 is 1.22 bits per heavy atom. The number of aromatic hydroxyl groups is 1. The van der Waals surface area contributed by atoms with Gasteiger partial charge in [0.15, 0.2) is 0 Å². The van der Waals surface area contributed by atoms with Gasteiger partial charge in [-0.25, -0.2) is 0 Å². The highest BCUT2D eigenvalue weighted by molar-refractivity contribution is 6.03. The summed E-state index contributed by atoms with van der Waals surface area (Å²) >= 11 is 0. The molecule has 0 heterocycles. The van der Waals surface area contributed by atoms with Crippen molar-refractivity contribution in [2.75, 3.05) is 20.2 Å². The number of esters is 1. The van der Waals surface area contributed by atoms with Crippen molar-refractivity contribution in [3.63, 3.8) is 0 Å². The molecule has 3 N–H and O–H groups in total. The number of amides is 2. The number of methoxy groups -OCH3 is 1. The zero-order valence-electron chi connectivity index (χ0n) is 12.3. The molecule has 0 aliphatic heterocycles. The monoisotopic (exact) mass is 317 g/mol. The van der Waals surface area contributed by atoms with Gasteiger partial charge in [-0.2, -0.15) is 5.26 Å². The van der Waals surface area contributed by atoms with Gasteiger partial charge in [-0.3, -0.25) is 14.4 Å². The lowest BCUT2D eigenvalue weighted by Crippen LogP contribution is -2.39. The van der Waals surface area contributed by atoms with Gasteiger partial charge in [0.2, 0.25) is 5.91 Å². The molecule has 0 radical (unpaired) electrons. The molecule has 0 aromatic heterocycles.